The molecule has 0 spiro atoms. The highest BCUT2D eigenvalue weighted by Crippen LogP contribution is 2.31. The fraction of sp³-hybridized carbons (Fsp3) is 0.571. The molecule has 19 heavy (non-hydrogen) atoms. The topological polar surface area (TPSA) is 53.7 Å². The number of methoxy groups -OCH3 is 1. The van der Waals surface area contributed by atoms with Crippen LogP contribution < -0.4 is 15.4 Å². The molecule has 1 aliphatic rings. The zero-order valence-electron chi connectivity index (χ0n) is 11.3. The average molecular weight is 283 g/mol. The van der Waals surface area contributed by atoms with Crippen LogP contribution in [0.15, 0.2) is 18.2 Å². The molecule has 0 radical (unpaired) electrons. The Morgan fingerprint density at radius 3 is 2.95 bits per heavy atom. The molecule has 0 bridgehead atoms. The molecule has 1 unspecified atom stereocenters. The second kappa shape index (κ2) is 7.62. The SMILES string of the molecule is COc1cc(CCON)ccc1OC1CCCSC1. The minimum absolute atomic E-state index is 0.297. The lowest BCUT2D eigenvalue weighted by molar-refractivity contribution is 0.141. The molecule has 1 aliphatic heterocycles. The number of benzene rings is 1. The number of nitrogens with two attached hydrogens (primary N) is 1. The van der Waals surface area contributed by atoms with Crippen molar-refractivity contribution in [2.75, 3.05) is 25.2 Å². The molecule has 0 amide bonds. The Balaban J connectivity index is 2.02. The highest BCUT2D eigenvalue weighted by Gasteiger charge is 2.17. The molecule has 1 atom stereocenters. The van der Waals surface area contributed by atoms with E-state index in [1.165, 1.54) is 12.2 Å². The van der Waals surface area contributed by atoms with Crippen LogP contribution in [0.4, 0.5) is 0 Å². The lowest BCUT2D eigenvalue weighted by atomic mass is 10.1. The van der Waals surface area contributed by atoms with Crippen molar-refractivity contribution in [3.05, 3.63) is 23.8 Å². The van der Waals surface area contributed by atoms with E-state index in [1.807, 2.05) is 30.0 Å². The average Bonchev–Trinajstić information content (AvgIpc) is 2.47. The molecule has 1 aromatic rings. The predicted octanol–water partition coefficient (Wildman–Crippen LogP) is 2.40. The summed E-state index contributed by atoms with van der Waals surface area (Å²) in [6, 6.07) is 6.00. The van der Waals surface area contributed by atoms with E-state index in [0.29, 0.717) is 12.7 Å². The Morgan fingerprint density at radius 1 is 1.37 bits per heavy atom. The number of hydrogen-bond donors (Lipinski definition) is 1. The van der Waals surface area contributed by atoms with Crippen LogP contribution in [0.3, 0.4) is 0 Å². The van der Waals surface area contributed by atoms with Crippen LogP contribution in [-0.2, 0) is 11.3 Å². The highest BCUT2D eigenvalue weighted by atomic mass is 32.2. The van der Waals surface area contributed by atoms with Crippen molar-refractivity contribution in [2.45, 2.75) is 25.4 Å². The molecule has 5 heteroatoms. The summed E-state index contributed by atoms with van der Waals surface area (Å²) in [6.45, 7) is 0.503. The molecule has 2 rings (SSSR count). The first kappa shape index (κ1) is 14.5. The van der Waals surface area contributed by atoms with Crippen LogP contribution in [0.5, 0.6) is 11.5 Å². The number of ether oxygens (including phenoxy) is 2. The van der Waals surface area contributed by atoms with Gasteiger partial charge < -0.3 is 14.3 Å². The molecule has 0 aliphatic carbocycles. The molecule has 0 aromatic heterocycles. The molecule has 1 aromatic carbocycles. The highest BCUT2D eigenvalue weighted by molar-refractivity contribution is 7.99. The Kier molecular flexibility index (Phi) is 5.82. The standard InChI is InChI=1S/C14H21NO3S/c1-16-14-9-11(6-7-17-15)4-5-13(14)18-12-3-2-8-19-10-12/h4-5,9,12H,2-3,6-8,10,15H2,1H3. The van der Waals surface area contributed by atoms with Crippen LogP contribution in [0.25, 0.3) is 0 Å². The van der Waals surface area contributed by atoms with Crippen molar-refractivity contribution in [3.8, 4) is 11.5 Å². The number of rotatable bonds is 6. The van der Waals surface area contributed by atoms with Gasteiger partial charge in [0.15, 0.2) is 11.5 Å². The molecule has 1 fully saturated rings. The van der Waals surface area contributed by atoms with Crippen molar-refractivity contribution in [3.63, 3.8) is 0 Å². The van der Waals surface area contributed by atoms with Gasteiger partial charge in [0.25, 0.3) is 0 Å². The fourth-order valence-electron chi connectivity index (χ4n) is 2.13. The summed E-state index contributed by atoms with van der Waals surface area (Å²) in [7, 11) is 1.67. The Hall–Kier alpha value is -0.910. The molecule has 1 heterocycles. The molecule has 4 nitrogen and oxygen atoms in total. The van der Waals surface area contributed by atoms with Crippen molar-refractivity contribution >= 4 is 11.8 Å². The van der Waals surface area contributed by atoms with E-state index in [9.17, 15) is 0 Å². The Morgan fingerprint density at radius 2 is 2.26 bits per heavy atom. The van der Waals surface area contributed by atoms with Gasteiger partial charge >= 0.3 is 0 Å². The molecule has 0 saturated carbocycles. The molecule has 106 valence electrons. The Labute approximate surface area is 118 Å². The van der Waals surface area contributed by atoms with Crippen LogP contribution in [0.1, 0.15) is 18.4 Å². The van der Waals surface area contributed by atoms with Gasteiger partial charge in [-0.3, -0.25) is 0 Å². The van der Waals surface area contributed by atoms with Crippen molar-refractivity contribution in [2.24, 2.45) is 5.90 Å². The maximum atomic E-state index is 6.04. The summed E-state index contributed by atoms with van der Waals surface area (Å²) in [5.41, 5.74) is 1.13. The van der Waals surface area contributed by atoms with Gasteiger partial charge in [0.2, 0.25) is 0 Å². The second-order valence-corrected chi connectivity index (χ2v) is 5.71. The number of thioether (sulfide) groups is 1. The van der Waals surface area contributed by atoms with E-state index in [0.717, 1.165) is 35.7 Å². The van der Waals surface area contributed by atoms with Crippen LogP contribution in [-0.4, -0.2) is 31.3 Å². The first-order chi connectivity index (χ1) is 9.33. The van der Waals surface area contributed by atoms with Crippen molar-refractivity contribution in [1.29, 1.82) is 0 Å². The van der Waals surface area contributed by atoms with Crippen LogP contribution >= 0.6 is 11.8 Å². The minimum atomic E-state index is 0.297. The maximum absolute atomic E-state index is 6.04. The zero-order valence-corrected chi connectivity index (χ0v) is 12.1. The van der Waals surface area contributed by atoms with Crippen molar-refractivity contribution < 1.29 is 14.3 Å². The summed E-state index contributed by atoms with van der Waals surface area (Å²) in [5, 5.41) is 0. The first-order valence-corrected chi connectivity index (χ1v) is 7.72. The van der Waals surface area contributed by atoms with E-state index in [4.69, 9.17) is 15.4 Å². The minimum Gasteiger partial charge on any atom is -0.493 e. The first-order valence-electron chi connectivity index (χ1n) is 6.56. The Bertz CT molecular complexity index is 394. The van der Waals surface area contributed by atoms with Crippen LogP contribution in [0.2, 0.25) is 0 Å². The quantitative estimate of drug-likeness (QED) is 0.813. The van der Waals surface area contributed by atoms with E-state index in [1.54, 1.807) is 7.11 Å². The van der Waals surface area contributed by atoms with Crippen molar-refractivity contribution in [1.82, 2.24) is 0 Å². The van der Waals surface area contributed by atoms with Gasteiger partial charge in [0, 0.05) is 5.75 Å². The van der Waals surface area contributed by atoms with Gasteiger partial charge in [0.1, 0.15) is 6.10 Å². The predicted molar refractivity (Wildman–Crippen MR) is 77.8 cm³/mol. The number of hydrogen-bond acceptors (Lipinski definition) is 5. The van der Waals surface area contributed by atoms with Crippen LogP contribution in [0, 0.1) is 0 Å². The molecular formula is C14H21NO3S. The summed E-state index contributed by atoms with van der Waals surface area (Å²) in [4.78, 5) is 4.60. The molecular weight excluding hydrogens is 262 g/mol. The largest absolute Gasteiger partial charge is 0.493 e. The second-order valence-electron chi connectivity index (χ2n) is 4.56. The zero-order chi connectivity index (χ0) is 13.5. The van der Waals surface area contributed by atoms with Gasteiger partial charge in [-0.15, -0.1) is 0 Å². The maximum Gasteiger partial charge on any atom is 0.161 e. The van der Waals surface area contributed by atoms with E-state index >= 15 is 0 Å². The summed E-state index contributed by atoms with van der Waals surface area (Å²) in [5.74, 6) is 8.96. The van der Waals surface area contributed by atoms with Gasteiger partial charge in [-0.25, -0.2) is 5.90 Å². The van der Waals surface area contributed by atoms with Gasteiger partial charge in [0.05, 0.1) is 13.7 Å². The third kappa shape index (κ3) is 4.30. The third-order valence-corrected chi connectivity index (χ3v) is 4.33. The smallest absolute Gasteiger partial charge is 0.161 e. The van der Waals surface area contributed by atoms with E-state index in [2.05, 4.69) is 4.84 Å². The lowest BCUT2D eigenvalue weighted by Gasteiger charge is -2.23. The van der Waals surface area contributed by atoms with E-state index in [-0.39, 0.29) is 0 Å². The van der Waals surface area contributed by atoms with Gasteiger partial charge in [-0.05, 0) is 42.7 Å². The lowest BCUT2D eigenvalue weighted by Crippen LogP contribution is -2.23. The van der Waals surface area contributed by atoms with Gasteiger partial charge in [-0.1, -0.05) is 6.07 Å². The summed E-state index contributed by atoms with van der Waals surface area (Å²) < 4.78 is 11.4. The van der Waals surface area contributed by atoms with Gasteiger partial charge in [-0.2, -0.15) is 11.8 Å². The third-order valence-electron chi connectivity index (χ3n) is 3.15. The monoisotopic (exact) mass is 283 g/mol. The summed E-state index contributed by atoms with van der Waals surface area (Å²) in [6.07, 6.45) is 3.42. The fourth-order valence-corrected chi connectivity index (χ4v) is 3.16. The van der Waals surface area contributed by atoms with E-state index < -0.39 is 0 Å². The molecule has 1 saturated heterocycles. The molecule has 2 N–H and O–H groups in total. The summed E-state index contributed by atoms with van der Waals surface area (Å²) >= 11 is 1.95. The normalized spacial score (nSPS) is 19.2.